The summed E-state index contributed by atoms with van der Waals surface area (Å²) in [5, 5.41) is 17.9. The summed E-state index contributed by atoms with van der Waals surface area (Å²) in [6.07, 6.45) is 0.111. The van der Waals surface area contributed by atoms with Gasteiger partial charge in [0.2, 0.25) is 0 Å². The van der Waals surface area contributed by atoms with Gasteiger partial charge in [-0.05, 0) is 60.2 Å². The summed E-state index contributed by atoms with van der Waals surface area (Å²) in [6.45, 7) is 0. The highest BCUT2D eigenvalue weighted by Crippen LogP contribution is 2.19. The minimum absolute atomic E-state index is 0. The average Bonchev–Trinajstić information content (AvgIpc) is 2.36. The molecule has 2 N–H and O–H groups in total. The van der Waals surface area contributed by atoms with E-state index in [1.165, 1.54) is 0 Å². The predicted molar refractivity (Wildman–Crippen MR) is 208 cm³/mol. The lowest BCUT2D eigenvalue weighted by atomic mass is 10.1. The Hall–Kier alpha value is -4.53. The first kappa shape index (κ1) is 10.2. The molecule has 0 aromatic heterocycles. The van der Waals surface area contributed by atoms with Crippen LogP contribution in [0, 0.1) is 22.7 Å². The fraction of sp³-hybridized carbons (Fsp3) is 0.0345. The summed E-state index contributed by atoms with van der Waals surface area (Å²) in [4.78, 5) is 21.9. The van der Waals surface area contributed by atoms with Gasteiger partial charge in [-0.2, -0.15) is 10.5 Å². The van der Waals surface area contributed by atoms with Crippen molar-refractivity contribution in [3.05, 3.63) is 124 Å². The molecule has 0 radical (unpaired) electrons. The highest BCUT2D eigenvalue weighted by Gasteiger charge is 2.08. The molecule has 4 aromatic carbocycles. The number of para-hydroxylation sites is 2. The van der Waals surface area contributed by atoms with Crippen molar-refractivity contribution in [1.29, 1.82) is 10.5 Å². The van der Waals surface area contributed by atoms with Crippen LogP contribution >= 0.6 is 34.8 Å². The number of hydrogen-bond donors (Lipinski definition) is 1. The Bertz CT molecular complexity index is 1580. The molecule has 0 saturated heterocycles. The lowest BCUT2D eigenvalue weighted by molar-refractivity contribution is -0.133. The molecule has 250 valence electrons. The Morgan fingerprint density at radius 3 is 1.72 bits per heavy atom. The van der Waals surface area contributed by atoms with E-state index < -0.39 is 5.43 Å². The summed E-state index contributed by atoms with van der Waals surface area (Å²) in [7, 11) is 0. The molecule has 0 atom stereocenters. The van der Waals surface area contributed by atoms with Crippen molar-refractivity contribution in [2.45, 2.75) is 6.42 Å². The van der Waals surface area contributed by atoms with E-state index in [-0.39, 0.29) is 13.8 Å². The SMILES string of the molecule is N#Cc1ccc(CC(=O)Oc2ccccc2)cc1Cl.N#Cc1ccc(N)cc1Cl.O=C(Cl)Oc1ccccc1.[2HH].[2H][2H].[2H][2H].[2H][2H].[2H][2H].[2H][2H].[2H][2H].[2H][2H].[2H][2H].[2H][2H].[2H][2H].[2H][2H].[2H][2H].[2H][2H].[2H][2H].[2H][2H].[2H][2H].[2H][2H].[2H][2H].[2H][2H].[2H][2H].[2H][2H].[2H][2H].[2H][2H].[2H][2H].[2H][2H].[2H][2H]. The molecule has 39 heavy (non-hydrogen) atoms. The van der Waals surface area contributed by atoms with Gasteiger partial charge in [-0.25, -0.2) is 4.79 Å². The molecule has 0 saturated carbocycles. The minimum atomic E-state index is -0.814. The molecule has 10 heteroatoms. The van der Waals surface area contributed by atoms with E-state index in [2.05, 4.69) is 4.74 Å². The van der Waals surface area contributed by atoms with Gasteiger partial charge in [0, 0.05) is 95.9 Å². The first-order chi connectivity index (χ1) is 44.7. The van der Waals surface area contributed by atoms with Crippen LogP contribution in [-0.4, -0.2) is 11.4 Å². The second kappa shape index (κ2) is 16.3. The third-order valence-electron chi connectivity index (χ3n) is 4.53. The Labute approximate surface area is 322 Å². The van der Waals surface area contributed by atoms with Crippen LogP contribution in [0.4, 0.5) is 10.5 Å². The molecule has 0 heterocycles. The number of ether oxygens (including phenoxy) is 2. The van der Waals surface area contributed by atoms with E-state index in [4.69, 9.17) is 133 Å². The van der Waals surface area contributed by atoms with Gasteiger partial charge >= 0.3 is 11.4 Å². The van der Waals surface area contributed by atoms with Gasteiger partial charge in [0.1, 0.15) is 23.6 Å². The summed E-state index contributed by atoms with van der Waals surface area (Å²) >= 11 is 16.5. The fourth-order valence-electron chi connectivity index (χ4n) is 2.79. The van der Waals surface area contributed by atoms with Crippen molar-refractivity contribution in [2.24, 2.45) is 0 Å². The van der Waals surface area contributed by atoms with E-state index in [1.54, 1.807) is 84.9 Å². The number of nitrogens with zero attached hydrogens (tertiary/aromatic N) is 2. The van der Waals surface area contributed by atoms with Crippen LogP contribution in [0.25, 0.3) is 0 Å². The normalized spacial score (nSPS) is 14.6. The number of hydrogen-bond acceptors (Lipinski definition) is 7. The van der Waals surface area contributed by atoms with Crippen molar-refractivity contribution < 1.29 is 97.7 Å². The molecule has 0 unspecified atom stereocenters. The first-order valence-electron chi connectivity index (χ1n) is 37.0. The van der Waals surface area contributed by atoms with Crippen LogP contribution < -0.4 is 15.2 Å². The highest BCUT2D eigenvalue weighted by atomic mass is 35.5. The number of nitriles is 2. The van der Waals surface area contributed by atoms with Gasteiger partial charge in [-0.3, -0.25) is 4.79 Å². The second-order valence-corrected chi connectivity index (χ2v) is 8.52. The Kier molecular flexibility index (Phi) is 4.28. The number of carbonyl (C=O) groups excluding carboxylic acids is 2. The van der Waals surface area contributed by atoms with Crippen LogP contribution in [0.3, 0.4) is 0 Å². The lowest BCUT2D eigenvalue weighted by Crippen LogP contribution is -2.11. The lowest BCUT2D eigenvalue weighted by Gasteiger charge is -2.05. The van der Waals surface area contributed by atoms with Gasteiger partial charge < -0.3 is 15.2 Å². The van der Waals surface area contributed by atoms with Gasteiger partial charge in [0.05, 0.1) is 27.6 Å². The van der Waals surface area contributed by atoms with Gasteiger partial charge in [0.15, 0.2) is 0 Å². The summed E-state index contributed by atoms with van der Waals surface area (Å²) < 4.78 is 270. The van der Waals surface area contributed by atoms with Crippen LogP contribution in [-0.2, 0) is 11.2 Å². The zero-order valence-corrected chi connectivity index (χ0v) is 22.5. The van der Waals surface area contributed by atoms with Gasteiger partial charge in [-0.15, -0.1) is 0 Å². The van der Waals surface area contributed by atoms with Crippen molar-refractivity contribution in [2.75, 3.05) is 5.73 Å². The van der Waals surface area contributed by atoms with Crippen LogP contribution in [0.1, 0.15) is 95.3 Å². The number of benzene rings is 4. The van der Waals surface area contributed by atoms with Crippen LogP contribution in [0.2, 0.25) is 10.0 Å². The number of anilines is 1. The van der Waals surface area contributed by atoms with Crippen molar-refractivity contribution in [3.63, 3.8) is 0 Å². The minimum Gasteiger partial charge on any atom is -0.426 e. The molecule has 0 aliphatic carbocycles. The fourth-order valence-corrected chi connectivity index (χ4v) is 3.35. The highest BCUT2D eigenvalue weighted by molar-refractivity contribution is 6.61. The Morgan fingerprint density at radius 2 is 1.26 bits per heavy atom. The maximum absolute atomic E-state index is 11.7. The summed E-state index contributed by atoms with van der Waals surface area (Å²) in [5.41, 5.74) is 6.71. The molecule has 4 aromatic rings. The molecule has 0 fully saturated rings. The summed E-state index contributed by atoms with van der Waals surface area (Å²) in [5.74, 6) is 0.599. The molecule has 0 bridgehead atoms. The molecular formula is C29H74Cl3N3O4. The topological polar surface area (TPSA) is 126 Å². The second-order valence-electron chi connectivity index (χ2n) is 7.39. The van der Waals surface area contributed by atoms with Crippen molar-refractivity contribution in [3.8, 4) is 23.6 Å². The van der Waals surface area contributed by atoms with Crippen molar-refractivity contribution in [1.82, 2.24) is 0 Å². The molecular weight excluding hydrogens is 561 g/mol. The first-order valence-corrected chi connectivity index (χ1v) is 12.2. The molecule has 0 aliphatic heterocycles. The molecule has 0 spiro atoms. The summed E-state index contributed by atoms with van der Waals surface area (Å²) in [6, 6.07) is 31.1. The number of nitrogens with two attached hydrogens (primary N) is 1. The van der Waals surface area contributed by atoms with Gasteiger partial charge in [-0.1, -0.05) is 65.7 Å². The molecule has 0 aliphatic rings. The zero-order valence-electron chi connectivity index (χ0n) is 72.2. The number of rotatable bonds is 4. The Balaban J connectivity index is -0.0000000222. The van der Waals surface area contributed by atoms with Crippen molar-refractivity contribution >= 4 is 51.9 Å². The molecule has 4 rings (SSSR count). The maximum atomic E-state index is 11.7. The number of halogens is 3. The zero-order chi connectivity index (χ0) is 80.6. The van der Waals surface area contributed by atoms with Crippen LogP contribution in [0.5, 0.6) is 11.5 Å². The third-order valence-corrected chi connectivity index (χ3v) is 5.23. The van der Waals surface area contributed by atoms with E-state index in [0.29, 0.717) is 43.9 Å². The number of nitrogen functional groups attached to an aromatic ring is 1. The largest absolute Gasteiger partial charge is 0.426 e. The third kappa shape index (κ3) is 11.6. The van der Waals surface area contributed by atoms with E-state index in [9.17, 15) is 9.59 Å². The van der Waals surface area contributed by atoms with E-state index >= 15 is 0 Å². The molecule has 7 nitrogen and oxygen atoms in total. The standard InChI is InChI=1S/C15H10ClNO2.C7H5ClN2.C7H5ClO2.27H2/c16-14-8-11(6-7-12(14)10-17)9-15(18)19-13-4-2-1-3-5-13;8-7-3-6(10)2-1-5(7)4-9;8-7(9)10-6-4-2-1-3-5-6;;;;;;;;;;;;;;;;;;;;;;;;;;;/h1-8H,9H2;1-3H,10H2;1-5H;27*1H/i;;;26*1+1D;1+1. The predicted octanol–water partition coefficient (Wildman–Crippen LogP) is 14.2. The monoisotopic (exact) mass is 687 g/mol. The molecule has 0 amide bonds. The maximum Gasteiger partial charge on any atom is 0.409 e. The number of carbonyl (C=O) groups is 2. The quantitative estimate of drug-likeness (QED) is 0.0978. The van der Waals surface area contributed by atoms with Crippen LogP contribution in [0.15, 0.2) is 97.1 Å². The Morgan fingerprint density at radius 1 is 0.769 bits per heavy atom. The average molecular weight is 689 g/mol. The van der Waals surface area contributed by atoms with E-state index in [1.807, 2.05) is 24.3 Å². The number of esters is 1. The van der Waals surface area contributed by atoms with Gasteiger partial charge in [0.25, 0.3) is 0 Å². The van der Waals surface area contributed by atoms with E-state index in [0.717, 1.165) is 0 Å². The smallest absolute Gasteiger partial charge is 0.409 e.